The highest BCUT2D eigenvalue weighted by molar-refractivity contribution is 5.42. The van der Waals surface area contributed by atoms with Crippen LogP contribution in [0.4, 0.5) is 0 Å². The second-order valence-corrected chi connectivity index (χ2v) is 3.96. The van der Waals surface area contributed by atoms with Gasteiger partial charge in [0.05, 0.1) is 12.7 Å². The topological polar surface area (TPSA) is 27.7 Å². The summed E-state index contributed by atoms with van der Waals surface area (Å²) in [5.41, 5.74) is 1.16. The molecule has 0 aliphatic rings. The van der Waals surface area contributed by atoms with Crippen molar-refractivity contribution in [1.82, 2.24) is 0 Å². The quantitative estimate of drug-likeness (QED) is 0.695. The van der Waals surface area contributed by atoms with Gasteiger partial charge in [0.25, 0.3) is 0 Å². The molecule has 0 radical (unpaired) electrons. The fourth-order valence-corrected chi connectivity index (χ4v) is 1.31. The Balaban J connectivity index is 2.73. The Morgan fingerprint density at radius 1 is 1.12 bits per heavy atom. The Morgan fingerprint density at radius 3 is 2.50 bits per heavy atom. The highest BCUT2D eigenvalue weighted by Gasteiger charge is 2.07. The van der Waals surface area contributed by atoms with E-state index in [1.165, 1.54) is 0 Å². The van der Waals surface area contributed by atoms with Crippen LogP contribution in [0.1, 0.15) is 19.4 Å². The Labute approximate surface area is 97.3 Å². The van der Waals surface area contributed by atoms with Gasteiger partial charge in [0, 0.05) is 7.11 Å². The minimum absolute atomic E-state index is 0.146. The van der Waals surface area contributed by atoms with E-state index in [0.717, 1.165) is 17.1 Å². The molecule has 0 saturated heterocycles. The Kier molecular flexibility index (Phi) is 5.12. The molecular formula is C13H20O3. The Hall–Kier alpha value is -1.22. The molecule has 0 saturated carbocycles. The van der Waals surface area contributed by atoms with E-state index < -0.39 is 0 Å². The maximum atomic E-state index is 5.67. The summed E-state index contributed by atoms with van der Waals surface area (Å²) < 4.78 is 16.2. The lowest BCUT2D eigenvalue weighted by molar-refractivity contribution is 0.141. The molecule has 1 rings (SSSR count). The van der Waals surface area contributed by atoms with Crippen LogP contribution >= 0.6 is 0 Å². The van der Waals surface area contributed by atoms with Crippen molar-refractivity contribution in [3.05, 3.63) is 23.8 Å². The zero-order valence-corrected chi connectivity index (χ0v) is 10.4. The van der Waals surface area contributed by atoms with Gasteiger partial charge in [-0.05, 0) is 38.5 Å². The van der Waals surface area contributed by atoms with Gasteiger partial charge >= 0.3 is 0 Å². The van der Waals surface area contributed by atoms with Crippen molar-refractivity contribution >= 4 is 0 Å². The summed E-state index contributed by atoms with van der Waals surface area (Å²) in [6.07, 6.45) is 0.146. The summed E-state index contributed by atoms with van der Waals surface area (Å²) >= 11 is 0. The van der Waals surface area contributed by atoms with Crippen LogP contribution < -0.4 is 9.47 Å². The highest BCUT2D eigenvalue weighted by atomic mass is 16.5. The molecule has 0 spiro atoms. The largest absolute Gasteiger partial charge is 0.487 e. The third-order valence-electron chi connectivity index (χ3n) is 2.01. The molecule has 0 aliphatic heterocycles. The molecule has 0 aromatic heterocycles. The van der Waals surface area contributed by atoms with Crippen molar-refractivity contribution in [2.75, 3.05) is 20.3 Å². The molecule has 90 valence electrons. The molecule has 3 nitrogen and oxygen atoms in total. The number of methoxy groups -OCH3 is 1. The van der Waals surface area contributed by atoms with Crippen LogP contribution in [-0.2, 0) is 4.74 Å². The smallest absolute Gasteiger partial charge is 0.161 e. The molecular weight excluding hydrogens is 204 g/mol. The molecule has 16 heavy (non-hydrogen) atoms. The summed E-state index contributed by atoms with van der Waals surface area (Å²) in [7, 11) is 1.66. The number of hydrogen-bond donors (Lipinski definition) is 0. The molecule has 0 N–H and O–H groups in total. The van der Waals surface area contributed by atoms with Crippen LogP contribution in [0, 0.1) is 6.92 Å². The van der Waals surface area contributed by atoms with Gasteiger partial charge in [-0.25, -0.2) is 0 Å². The number of rotatable bonds is 6. The second-order valence-electron chi connectivity index (χ2n) is 3.96. The van der Waals surface area contributed by atoms with E-state index in [1.807, 2.05) is 39.0 Å². The lowest BCUT2D eigenvalue weighted by atomic mass is 10.2. The molecule has 0 aliphatic carbocycles. The van der Waals surface area contributed by atoms with Crippen molar-refractivity contribution in [3.63, 3.8) is 0 Å². The third kappa shape index (κ3) is 4.11. The monoisotopic (exact) mass is 224 g/mol. The first-order valence-electron chi connectivity index (χ1n) is 5.52. The summed E-state index contributed by atoms with van der Waals surface area (Å²) in [4.78, 5) is 0. The van der Waals surface area contributed by atoms with Crippen LogP contribution in [0.2, 0.25) is 0 Å². The molecule has 0 unspecified atom stereocenters. The van der Waals surface area contributed by atoms with Gasteiger partial charge in [-0.1, -0.05) is 6.07 Å². The first kappa shape index (κ1) is 12.8. The van der Waals surface area contributed by atoms with Crippen molar-refractivity contribution in [2.45, 2.75) is 26.9 Å². The fraction of sp³-hybridized carbons (Fsp3) is 0.538. The van der Waals surface area contributed by atoms with E-state index in [-0.39, 0.29) is 6.10 Å². The number of benzene rings is 1. The molecule has 0 atom stereocenters. The minimum atomic E-state index is 0.146. The van der Waals surface area contributed by atoms with Crippen LogP contribution in [0.25, 0.3) is 0 Å². The van der Waals surface area contributed by atoms with Crippen molar-refractivity contribution in [2.24, 2.45) is 0 Å². The van der Waals surface area contributed by atoms with Gasteiger partial charge in [-0.2, -0.15) is 0 Å². The van der Waals surface area contributed by atoms with E-state index >= 15 is 0 Å². The van der Waals surface area contributed by atoms with Crippen LogP contribution in [0.3, 0.4) is 0 Å². The van der Waals surface area contributed by atoms with E-state index in [2.05, 4.69) is 0 Å². The molecule has 3 heteroatoms. The molecule has 0 fully saturated rings. The zero-order valence-electron chi connectivity index (χ0n) is 10.4. The SMILES string of the molecule is COCCOc1cc(C)ccc1OC(C)C. The average molecular weight is 224 g/mol. The van der Waals surface area contributed by atoms with Crippen molar-refractivity contribution in [3.8, 4) is 11.5 Å². The summed E-state index contributed by atoms with van der Waals surface area (Å²) in [6, 6.07) is 5.94. The predicted molar refractivity (Wildman–Crippen MR) is 64.3 cm³/mol. The molecule has 1 aromatic carbocycles. The Morgan fingerprint density at radius 2 is 1.88 bits per heavy atom. The normalized spacial score (nSPS) is 10.6. The number of ether oxygens (including phenoxy) is 3. The lowest BCUT2D eigenvalue weighted by Gasteiger charge is -2.15. The van der Waals surface area contributed by atoms with Crippen molar-refractivity contribution in [1.29, 1.82) is 0 Å². The summed E-state index contributed by atoms with van der Waals surface area (Å²) in [5.74, 6) is 1.57. The van der Waals surface area contributed by atoms with Crippen molar-refractivity contribution < 1.29 is 14.2 Å². The second kappa shape index (κ2) is 6.38. The van der Waals surface area contributed by atoms with E-state index in [9.17, 15) is 0 Å². The van der Waals surface area contributed by atoms with Gasteiger partial charge < -0.3 is 14.2 Å². The Bertz CT molecular complexity index is 321. The molecule has 0 bridgehead atoms. The lowest BCUT2D eigenvalue weighted by Crippen LogP contribution is -2.09. The third-order valence-corrected chi connectivity index (χ3v) is 2.01. The maximum absolute atomic E-state index is 5.67. The first-order chi connectivity index (χ1) is 7.63. The van der Waals surface area contributed by atoms with Gasteiger partial charge in [0.2, 0.25) is 0 Å². The van der Waals surface area contributed by atoms with Crippen LogP contribution in [0.5, 0.6) is 11.5 Å². The van der Waals surface area contributed by atoms with E-state index in [4.69, 9.17) is 14.2 Å². The number of aryl methyl sites for hydroxylation is 1. The fourth-order valence-electron chi connectivity index (χ4n) is 1.31. The predicted octanol–water partition coefficient (Wildman–Crippen LogP) is 2.81. The molecule has 1 aromatic rings. The van der Waals surface area contributed by atoms with E-state index in [1.54, 1.807) is 7.11 Å². The van der Waals surface area contributed by atoms with Gasteiger partial charge in [0.1, 0.15) is 6.61 Å². The maximum Gasteiger partial charge on any atom is 0.161 e. The van der Waals surface area contributed by atoms with Crippen LogP contribution in [-0.4, -0.2) is 26.4 Å². The first-order valence-corrected chi connectivity index (χ1v) is 5.52. The van der Waals surface area contributed by atoms with Gasteiger partial charge in [-0.15, -0.1) is 0 Å². The van der Waals surface area contributed by atoms with E-state index in [0.29, 0.717) is 13.2 Å². The molecule has 0 heterocycles. The number of hydrogen-bond acceptors (Lipinski definition) is 3. The molecule has 0 amide bonds. The average Bonchev–Trinajstić information content (AvgIpc) is 2.22. The minimum Gasteiger partial charge on any atom is -0.487 e. The summed E-state index contributed by atoms with van der Waals surface area (Å²) in [6.45, 7) is 7.14. The zero-order chi connectivity index (χ0) is 12.0. The summed E-state index contributed by atoms with van der Waals surface area (Å²) in [5, 5.41) is 0. The van der Waals surface area contributed by atoms with Crippen LogP contribution in [0.15, 0.2) is 18.2 Å². The van der Waals surface area contributed by atoms with Gasteiger partial charge in [0.15, 0.2) is 11.5 Å². The highest BCUT2D eigenvalue weighted by Crippen LogP contribution is 2.29. The standard InChI is InChI=1S/C13H20O3/c1-10(2)16-12-6-5-11(3)9-13(12)15-8-7-14-4/h5-6,9-10H,7-8H2,1-4H3. The van der Waals surface area contributed by atoms with Gasteiger partial charge in [-0.3, -0.25) is 0 Å².